The molecular weight excluding hydrogens is 294 g/mol. The van der Waals surface area contributed by atoms with Gasteiger partial charge in [-0.05, 0) is 40.0 Å². The van der Waals surface area contributed by atoms with Crippen LogP contribution in [0.5, 0.6) is 0 Å². The molecule has 4 N–H and O–H groups in total. The molecule has 22 heavy (non-hydrogen) atoms. The first-order chi connectivity index (χ1) is 9.99. The van der Waals surface area contributed by atoms with Crippen molar-refractivity contribution in [2.24, 2.45) is 0 Å². The van der Waals surface area contributed by atoms with Crippen molar-refractivity contribution in [3.05, 3.63) is 0 Å². The van der Waals surface area contributed by atoms with E-state index in [1.165, 1.54) is 0 Å². The molecule has 0 bridgehead atoms. The second-order valence-corrected chi connectivity index (χ2v) is 6.06. The van der Waals surface area contributed by atoms with Gasteiger partial charge in [-0.3, -0.25) is 0 Å². The van der Waals surface area contributed by atoms with Gasteiger partial charge in [-0.25, -0.2) is 14.4 Å². The van der Waals surface area contributed by atoms with Gasteiger partial charge < -0.3 is 25.4 Å². The summed E-state index contributed by atoms with van der Waals surface area (Å²) in [5, 5.41) is 29.5. The first kappa shape index (κ1) is 20.2. The third-order valence-electron chi connectivity index (χ3n) is 2.84. The van der Waals surface area contributed by atoms with Crippen molar-refractivity contribution in [3.8, 4) is 0 Å². The zero-order valence-corrected chi connectivity index (χ0v) is 13.2. The molecule has 0 aliphatic rings. The van der Waals surface area contributed by atoms with Gasteiger partial charge in [-0.2, -0.15) is 0 Å². The lowest BCUT2D eigenvalue weighted by Crippen LogP contribution is -2.46. The van der Waals surface area contributed by atoms with E-state index in [2.05, 4.69) is 5.32 Å². The number of hydrogen-bond donors (Lipinski definition) is 4. The van der Waals surface area contributed by atoms with Crippen molar-refractivity contribution >= 4 is 18.0 Å². The van der Waals surface area contributed by atoms with E-state index in [-0.39, 0.29) is 12.8 Å². The summed E-state index contributed by atoms with van der Waals surface area (Å²) in [6.45, 7) is 5.70. The Hall–Kier alpha value is -1.83. The highest BCUT2D eigenvalue weighted by molar-refractivity contribution is 6.01. The van der Waals surface area contributed by atoms with Crippen LogP contribution in [0.15, 0.2) is 0 Å². The molecule has 0 heterocycles. The predicted molar refractivity (Wildman–Crippen MR) is 77.5 cm³/mol. The van der Waals surface area contributed by atoms with Crippen molar-refractivity contribution in [2.45, 2.75) is 64.1 Å². The fraction of sp³-hybridized carbons (Fsp3) is 0.786. The molecule has 0 saturated heterocycles. The van der Waals surface area contributed by atoms with E-state index in [0.29, 0.717) is 25.8 Å². The normalized spacial score (nSPS) is 11.8. The fourth-order valence-electron chi connectivity index (χ4n) is 1.67. The minimum Gasteiger partial charge on any atom is -0.479 e. The average molecular weight is 319 g/mol. The summed E-state index contributed by atoms with van der Waals surface area (Å²) in [4.78, 5) is 32.8. The van der Waals surface area contributed by atoms with Gasteiger partial charge in [0.1, 0.15) is 5.60 Å². The van der Waals surface area contributed by atoms with Gasteiger partial charge in [0.2, 0.25) is 0 Å². The molecule has 8 heteroatoms. The Morgan fingerprint density at radius 1 is 0.955 bits per heavy atom. The lowest BCUT2D eigenvalue weighted by Gasteiger charge is -2.19. The molecule has 0 spiro atoms. The molecule has 0 unspecified atom stereocenters. The van der Waals surface area contributed by atoms with Gasteiger partial charge in [0.15, 0.2) is 0 Å². The van der Waals surface area contributed by atoms with Crippen LogP contribution in [0.3, 0.4) is 0 Å². The number of carboxylic acids is 2. The summed E-state index contributed by atoms with van der Waals surface area (Å²) in [7, 11) is 0. The largest absolute Gasteiger partial charge is 0.479 e. The van der Waals surface area contributed by atoms with Gasteiger partial charge in [0.25, 0.3) is 5.60 Å². The van der Waals surface area contributed by atoms with Crippen LogP contribution in [0, 0.1) is 0 Å². The second kappa shape index (κ2) is 8.57. The zero-order valence-electron chi connectivity index (χ0n) is 13.2. The molecule has 0 fully saturated rings. The smallest absolute Gasteiger partial charge is 0.407 e. The Balaban J connectivity index is 3.81. The molecular formula is C14H25NO7. The lowest BCUT2D eigenvalue weighted by molar-refractivity contribution is -0.176. The predicted octanol–water partition coefficient (Wildman–Crippen LogP) is 1.36. The summed E-state index contributed by atoms with van der Waals surface area (Å²) in [6.07, 6.45) is 1.29. The highest BCUT2D eigenvalue weighted by Gasteiger charge is 2.43. The standard InChI is InChI=1S/C14H25NO7/c1-13(2,3)22-12(20)15-9-7-5-4-6-8-14(21,10(16)17)11(18)19/h21H,4-9H2,1-3H3,(H,15,20)(H,16,17)(H,18,19). The summed E-state index contributed by atoms with van der Waals surface area (Å²) >= 11 is 0. The number of hydrogen-bond acceptors (Lipinski definition) is 5. The van der Waals surface area contributed by atoms with Crippen molar-refractivity contribution in [1.29, 1.82) is 0 Å². The SMILES string of the molecule is CC(C)(C)OC(=O)NCCCCCCC(O)(C(=O)O)C(=O)O. The zero-order chi connectivity index (χ0) is 17.4. The van der Waals surface area contributed by atoms with Gasteiger partial charge in [0, 0.05) is 6.54 Å². The Bertz CT molecular complexity index is 386. The fourth-order valence-corrected chi connectivity index (χ4v) is 1.67. The van der Waals surface area contributed by atoms with Gasteiger partial charge in [-0.15, -0.1) is 0 Å². The van der Waals surface area contributed by atoms with Crippen LogP contribution in [0.4, 0.5) is 4.79 Å². The maximum absolute atomic E-state index is 11.3. The number of aliphatic hydroxyl groups is 1. The number of aliphatic carboxylic acids is 2. The summed E-state index contributed by atoms with van der Waals surface area (Å²) in [5.41, 5.74) is -3.28. The Morgan fingerprint density at radius 2 is 1.45 bits per heavy atom. The molecule has 0 aliphatic carbocycles. The van der Waals surface area contributed by atoms with Crippen molar-refractivity contribution < 1.29 is 34.4 Å². The van der Waals surface area contributed by atoms with E-state index in [0.717, 1.165) is 0 Å². The third kappa shape index (κ3) is 7.82. The molecule has 0 radical (unpaired) electrons. The van der Waals surface area contributed by atoms with Crippen LogP contribution in [0.25, 0.3) is 0 Å². The average Bonchev–Trinajstić information content (AvgIpc) is 2.34. The number of rotatable bonds is 9. The van der Waals surface area contributed by atoms with Crippen LogP contribution >= 0.6 is 0 Å². The van der Waals surface area contributed by atoms with E-state index in [1.807, 2.05) is 0 Å². The monoisotopic (exact) mass is 319 g/mol. The van der Waals surface area contributed by atoms with E-state index in [9.17, 15) is 19.5 Å². The number of carbonyl (C=O) groups is 3. The lowest BCUT2D eigenvalue weighted by atomic mass is 9.96. The maximum atomic E-state index is 11.3. The van der Waals surface area contributed by atoms with Crippen molar-refractivity contribution in [2.75, 3.05) is 6.54 Å². The highest BCUT2D eigenvalue weighted by Crippen LogP contribution is 2.16. The molecule has 0 saturated carbocycles. The van der Waals surface area contributed by atoms with Crippen LogP contribution in [0.2, 0.25) is 0 Å². The summed E-state index contributed by atoms with van der Waals surface area (Å²) < 4.78 is 5.05. The minimum atomic E-state index is -2.73. The molecule has 1 amide bonds. The number of amides is 1. The quantitative estimate of drug-likeness (QED) is 0.372. The van der Waals surface area contributed by atoms with Crippen LogP contribution in [-0.4, -0.2) is 51.1 Å². The molecule has 0 aromatic carbocycles. The molecule has 8 nitrogen and oxygen atoms in total. The number of carboxylic acid groups (broad SMARTS) is 2. The molecule has 0 aromatic heterocycles. The summed E-state index contributed by atoms with van der Waals surface area (Å²) in [5.74, 6) is -3.52. The Morgan fingerprint density at radius 3 is 1.91 bits per heavy atom. The van der Waals surface area contributed by atoms with Crippen molar-refractivity contribution in [3.63, 3.8) is 0 Å². The van der Waals surface area contributed by atoms with Gasteiger partial charge in [-0.1, -0.05) is 12.8 Å². The van der Waals surface area contributed by atoms with E-state index >= 15 is 0 Å². The number of ether oxygens (including phenoxy) is 1. The molecule has 0 rings (SSSR count). The van der Waals surface area contributed by atoms with E-state index < -0.39 is 29.2 Å². The van der Waals surface area contributed by atoms with E-state index in [1.54, 1.807) is 20.8 Å². The first-order valence-corrected chi connectivity index (χ1v) is 7.15. The molecule has 0 aromatic rings. The minimum absolute atomic E-state index is 0.265. The highest BCUT2D eigenvalue weighted by atomic mass is 16.6. The Labute approximate surface area is 129 Å². The van der Waals surface area contributed by atoms with Gasteiger partial charge in [0.05, 0.1) is 0 Å². The van der Waals surface area contributed by atoms with Crippen LogP contribution < -0.4 is 5.32 Å². The second-order valence-electron chi connectivity index (χ2n) is 6.06. The number of unbranched alkanes of at least 4 members (excludes halogenated alkanes) is 3. The molecule has 0 aliphatic heterocycles. The molecule has 128 valence electrons. The number of alkyl carbamates (subject to hydrolysis) is 1. The molecule has 0 atom stereocenters. The summed E-state index contributed by atoms with van der Waals surface area (Å²) in [6, 6.07) is 0. The number of carbonyl (C=O) groups excluding carboxylic acids is 1. The number of nitrogens with one attached hydrogen (secondary N) is 1. The van der Waals surface area contributed by atoms with Crippen LogP contribution in [-0.2, 0) is 14.3 Å². The van der Waals surface area contributed by atoms with Crippen molar-refractivity contribution in [1.82, 2.24) is 5.32 Å². The van der Waals surface area contributed by atoms with Gasteiger partial charge >= 0.3 is 18.0 Å². The maximum Gasteiger partial charge on any atom is 0.407 e. The van der Waals surface area contributed by atoms with Crippen LogP contribution in [0.1, 0.15) is 52.9 Å². The van der Waals surface area contributed by atoms with E-state index in [4.69, 9.17) is 14.9 Å². The topological polar surface area (TPSA) is 133 Å². The third-order valence-corrected chi connectivity index (χ3v) is 2.84. The first-order valence-electron chi connectivity index (χ1n) is 7.15. The Kier molecular flexibility index (Phi) is 7.86.